The number of benzene rings is 1. The fourth-order valence-corrected chi connectivity index (χ4v) is 2.82. The first-order valence-electron chi connectivity index (χ1n) is 6.58. The molecular formula is C15H20N2O. The highest BCUT2D eigenvalue weighted by atomic mass is 16.3. The number of nitrogens with zero attached hydrogens (tertiary/aromatic N) is 1. The molecule has 1 fully saturated rings. The van der Waals surface area contributed by atoms with Crippen LogP contribution in [0.3, 0.4) is 0 Å². The maximum absolute atomic E-state index is 5.85. The van der Waals surface area contributed by atoms with Gasteiger partial charge >= 0.3 is 0 Å². The lowest BCUT2D eigenvalue weighted by Gasteiger charge is -2.22. The van der Waals surface area contributed by atoms with Gasteiger partial charge in [-0.15, -0.1) is 0 Å². The molecule has 0 spiro atoms. The molecule has 1 atom stereocenters. The fourth-order valence-electron chi connectivity index (χ4n) is 2.82. The molecule has 1 aliphatic heterocycles. The first-order valence-corrected chi connectivity index (χ1v) is 6.58. The molecule has 1 aromatic heterocycles. The fraction of sp³-hybridized carbons (Fsp3) is 0.467. The van der Waals surface area contributed by atoms with E-state index >= 15 is 0 Å². The number of para-hydroxylation sites is 1. The molecule has 2 heterocycles. The van der Waals surface area contributed by atoms with Gasteiger partial charge in [0.15, 0.2) is 0 Å². The monoisotopic (exact) mass is 244 g/mol. The first-order chi connectivity index (χ1) is 8.70. The van der Waals surface area contributed by atoms with Gasteiger partial charge in [-0.25, -0.2) is 0 Å². The Balaban J connectivity index is 1.78. The first kappa shape index (κ1) is 11.8. The Morgan fingerprint density at radius 3 is 3.00 bits per heavy atom. The Hall–Kier alpha value is -1.32. The molecule has 1 saturated heterocycles. The SMILES string of the molecule is CC1(CN)CCN(Cc2coc3ccccc23)C1. The van der Waals surface area contributed by atoms with E-state index in [1.807, 2.05) is 18.4 Å². The van der Waals surface area contributed by atoms with E-state index in [2.05, 4.69) is 24.0 Å². The lowest BCUT2D eigenvalue weighted by atomic mass is 9.90. The van der Waals surface area contributed by atoms with Crippen molar-refractivity contribution in [1.82, 2.24) is 4.90 Å². The second kappa shape index (κ2) is 4.41. The lowest BCUT2D eigenvalue weighted by Crippen LogP contribution is -2.31. The van der Waals surface area contributed by atoms with Crippen LogP contribution in [0.4, 0.5) is 0 Å². The summed E-state index contributed by atoms with van der Waals surface area (Å²) in [6.45, 7) is 6.24. The van der Waals surface area contributed by atoms with Crippen molar-refractivity contribution in [2.75, 3.05) is 19.6 Å². The van der Waals surface area contributed by atoms with E-state index in [4.69, 9.17) is 10.2 Å². The molecule has 0 amide bonds. The predicted octanol–water partition coefficient (Wildman–Crippen LogP) is 2.60. The lowest BCUT2D eigenvalue weighted by molar-refractivity contribution is 0.274. The molecule has 2 aromatic rings. The van der Waals surface area contributed by atoms with Crippen LogP contribution in [0.5, 0.6) is 0 Å². The number of nitrogens with two attached hydrogens (primary N) is 1. The second-order valence-electron chi connectivity index (χ2n) is 5.73. The van der Waals surface area contributed by atoms with Crippen LogP contribution in [0.25, 0.3) is 11.0 Å². The minimum Gasteiger partial charge on any atom is -0.464 e. The van der Waals surface area contributed by atoms with Crippen molar-refractivity contribution >= 4 is 11.0 Å². The third-order valence-corrected chi connectivity index (χ3v) is 4.08. The van der Waals surface area contributed by atoms with Gasteiger partial charge in [0.2, 0.25) is 0 Å². The van der Waals surface area contributed by atoms with Gasteiger partial charge in [-0.3, -0.25) is 4.90 Å². The van der Waals surface area contributed by atoms with E-state index in [-0.39, 0.29) is 0 Å². The zero-order valence-electron chi connectivity index (χ0n) is 10.9. The Bertz CT molecular complexity index is 548. The van der Waals surface area contributed by atoms with Crippen molar-refractivity contribution < 1.29 is 4.42 Å². The van der Waals surface area contributed by atoms with Crippen LogP contribution < -0.4 is 5.73 Å². The number of furan rings is 1. The Kier molecular flexibility index (Phi) is 2.88. The molecule has 1 aliphatic rings. The molecule has 18 heavy (non-hydrogen) atoms. The van der Waals surface area contributed by atoms with Crippen molar-refractivity contribution in [2.24, 2.45) is 11.1 Å². The topological polar surface area (TPSA) is 42.4 Å². The zero-order chi connectivity index (χ0) is 12.6. The van der Waals surface area contributed by atoms with Crippen molar-refractivity contribution in [3.8, 4) is 0 Å². The standard InChI is InChI=1S/C15H20N2O/c1-15(10-16)6-7-17(11-15)8-12-9-18-14-5-3-2-4-13(12)14/h2-5,9H,6-8,10-11,16H2,1H3. The summed E-state index contributed by atoms with van der Waals surface area (Å²) in [6.07, 6.45) is 3.09. The maximum Gasteiger partial charge on any atom is 0.134 e. The molecule has 1 unspecified atom stereocenters. The summed E-state index contributed by atoms with van der Waals surface area (Å²) >= 11 is 0. The molecule has 3 heteroatoms. The summed E-state index contributed by atoms with van der Waals surface area (Å²) in [4.78, 5) is 2.48. The maximum atomic E-state index is 5.85. The van der Waals surface area contributed by atoms with Gasteiger partial charge in [-0.2, -0.15) is 0 Å². The zero-order valence-corrected chi connectivity index (χ0v) is 10.9. The van der Waals surface area contributed by atoms with E-state index in [0.29, 0.717) is 5.41 Å². The van der Waals surface area contributed by atoms with Crippen LogP contribution >= 0.6 is 0 Å². The molecule has 96 valence electrons. The molecule has 0 saturated carbocycles. The van der Waals surface area contributed by atoms with Crippen molar-refractivity contribution in [1.29, 1.82) is 0 Å². The highest BCUT2D eigenvalue weighted by Gasteiger charge is 2.32. The number of rotatable bonds is 3. The van der Waals surface area contributed by atoms with Crippen LogP contribution in [0.2, 0.25) is 0 Å². The molecule has 0 aliphatic carbocycles. The molecule has 3 rings (SSSR count). The van der Waals surface area contributed by atoms with Gasteiger partial charge in [0, 0.05) is 24.0 Å². The predicted molar refractivity (Wildman–Crippen MR) is 73.3 cm³/mol. The van der Waals surface area contributed by atoms with Crippen LogP contribution in [-0.2, 0) is 6.54 Å². The third-order valence-electron chi connectivity index (χ3n) is 4.08. The second-order valence-corrected chi connectivity index (χ2v) is 5.73. The van der Waals surface area contributed by atoms with E-state index < -0.39 is 0 Å². The molecule has 3 nitrogen and oxygen atoms in total. The van der Waals surface area contributed by atoms with Gasteiger partial charge in [-0.05, 0) is 31.0 Å². The molecule has 1 aromatic carbocycles. The average molecular weight is 244 g/mol. The van der Waals surface area contributed by atoms with E-state index in [1.54, 1.807) is 0 Å². The number of fused-ring (bicyclic) bond motifs is 1. The Morgan fingerprint density at radius 1 is 1.39 bits per heavy atom. The summed E-state index contributed by atoms with van der Waals surface area (Å²) in [6, 6.07) is 8.23. The van der Waals surface area contributed by atoms with E-state index in [9.17, 15) is 0 Å². The van der Waals surface area contributed by atoms with Gasteiger partial charge in [-0.1, -0.05) is 25.1 Å². The van der Waals surface area contributed by atoms with Crippen molar-refractivity contribution in [2.45, 2.75) is 19.9 Å². The van der Waals surface area contributed by atoms with Gasteiger partial charge in [0.1, 0.15) is 5.58 Å². The summed E-state index contributed by atoms with van der Waals surface area (Å²) in [5.74, 6) is 0. The smallest absolute Gasteiger partial charge is 0.134 e. The summed E-state index contributed by atoms with van der Waals surface area (Å²) in [5, 5.41) is 1.24. The number of hydrogen-bond acceptors (Lipinski definition) is 3. The highest BCUT2D eigenvalue weighted by Crippen LogP contribution is 2.31. The normalized spacial score (nSPS) is 25.0. The largest absolute Gasteiger partial charge is 0.464 e. The molecule has 0 radical (unpaired) electrons. The van der Waals surface area contributed by atoms with E-state index in [1.165, 1.54) is 17.4 Å². The van der Waals surface area contributed by atoms with Crippen molar-refractivity contribution in [3.63, 3.8) is 0 Å². The van der Waals surface area contributed by atoms with Gasteiger partial charge in [0.05, 0.1) is 6.26 Å². The quantitative estimate of drug-likeness (QED) is 0.902. The highest BCUT2D eigenvalue weighted by molar-refractivity contribution is 5.80. The minimum absolute atomic E-state index is 0.291. The van der Waals surface area contributed by atoms with Crippen LogP contribution in [0, 0.1) is 5.41 Å². The molecule has 2 N–H and O–H groups in total. The number of likely N-dealkylation sites (tertiary alicyclic amines) is 1. The molecule has 0 bridgehead atoms. The van der Waals surface area contributed by atoms with Crippen LogP contribution in [0.1, 0.15) is 18.9 Å². The van der Waals surface area contributed by atoms with Gasteiger partial charge in [0.25, 0.3) is 0 Å². The minimum atomic E-state index is 0.291. The summed E-state index contributed by atoms with van der Waals surface area (Å²) in [5.41, 5.74) is 8.40. The average Bonchev–Trinajstić information content (AvgIpc) is 2.96. The molecular weight excluding hydrogens is 224 g/mol. The summed E-state index contributed by atoms with van der Waals surface area (Å²) < 4.78 is 5.59. The van der Waals surface area contributed by atoms with E-state index in [0.717, 1.165) is 31.8 Å². The Morgan fingerprint density at radius 2 is 2.22 bits per heavy atom. The van der Waals surface area contributed by atoms with Crippen LogP contribution in [0.15, 0.2) is 34.9 Å². The van der Waals surface area contributed by atoms with Crippen LogP contribution in [-0.4, -0.2) is 24.5 Å². The Labute approximate surface area is 108 Å². The summed E-state index contributed by atoms with van der Waals surface area (Å²) in [7, 11) is 0. The van der Waals surface area contributed by atoms with Gasteiger partial charge < -0.3 is 10.2 Å². The third kappa shape index (κ3) is 2.04. The number of hydrogen-bond donors (Lipinski definition) is 1. The van der Waals surface area contributed by atoms with Crippen molar-refractivity contribution in [3.05, 3.63) is 36.1 Å².